The van der Waals surface area contributed by atoms with Gasteiger partial charge in [0.15, 0.2) is 0 Å². The molecule has 0 radical (unpaired) electrons. The van der Waals surface area contributed by atoms with Crippen molar-refractivity contribution >= 4 is 45.2 Å². The summed E-state index contributed by atoms with van der Waals surface area (Å²) in [6, 6.07) is 11.4. The predicted octanol–water partition coefficient (Wildman–Crippen LogP) is 5.90. The maximum atomic E-state index is 13.1. The zero-order valence-corrected chi connectivity index (χ0v) is 22.7. The van der Waals surface area contributed by atoms with Gasteiger partial charge >= 0.3 is 10.2 Å². The van der Waals surface area contributed by atoms with Crippen molar-refractivity contribution in [3.63, 3.8) is 0 Å². The fraction of sp³-hybridized carbons (Fsp3) is 0.385. The summed E-state index contributed by atoms with van der Waals surface area (Å²) < 4.78 is 35.2. The largest absolute Gasteiger partial charge is 0.383 e. The third-order valence-corrected chi connectivity index (χ3v) is 8.30. The molecule has 3 aromatic rings. The molecule has 4 N–H and O–H groups in total. The van der Waals surface area contributed by atoms with Crippen LogP contribution in [-0.4, -0.2) is 36.4 Å². The van der Waals surface area contributed by atoms with E-state index in [0.29, 0.717) is 28.2 Å². The standard InChI is InChI=1S/C26H30Cl2FN5O2S/c27-21-12-9-19(14-22(21)28)24-23(32-26(31)33-25(24)30)6-2-1-4-17-5-3-13-34(15-17)16-18-7-10-20(11-8-18)37(29,35)36/h7-12,14,17H,1-6,13,15-16H2,(H4,30,31,32,33). The molecule has 1 aliphatic heterocycles. The number of nitrogen functional groups attached to an aromatic ring is 2. The lowest BCUT2D eigenvalue weighted by Crippen LogP contribution is -2.34. The van der Waals surface area contributed by atoms with Gasteiger partial charge in [0.25, 0.3) is 0 Å². The zero-order chi connectivity index (χ0) is 26.6. The van der Waals surface area contributed by atoms with Gasteiger partial charge in [0.1, 0.15) is 5.82 Å². The van der Waals surface area contributed by atoms with Crippen LogP contribution < -0.4 is 11.5 Å². The highest BCUT2D eigenvalue weighted by Gasteiger charge is 2.21. The van der Waals surface area contributed by atoms with Crippen LogP contribution in [0.1, 0.15) is 43.4 Å². The molecule has 0 amide bonds. The Balaban J connectivity index is 1.32. The third kappa shape index (κ3) is 7.31. The lowest BCUT2D eigenvalue weighted by atomic mass is 9.91. The van der Waals surface area contributed by atoms with E-state index >= 15 is 0 Å². The number of halogens is 3. The fourth-order valence-corrected chi connectivity index (χ4v) is 5.72. The van der Waals surface area contributed by atoms with Crippen molar-refractivity contribution in [1.82, 2.24) is 14.9 Å². The number of piperidine rings is 1. The Morgan fingerprint density at radius 3 is 2.49 bits per heavy atom. The molecule has 1 unspecified atom stereocenters. The summed E-state index contributed by atoms with van der Waals surface area (Å²) in [7, 11) is -4.67. The van der Waals surface area contributed by atoms with Crippen LogP contribution in [0.3, 0.4) is 0 Å². The first kappa shape index (κ1) is 27.6. The summed E-state index contributed by atoms with van der Waals surface area (Å²) in [5.74, 6) is 1.05. The average molecular weight is 567 g/mol. The molecule has 0 aliphatic carbocycles. The number of unbranched alkanes of at least 4 members (excludes halogenated alkanes) is 1. The van der Waals surface area contributed by atoms with Gasteiger partial charge in [0.05, 0.1) is 20.6 Å². The number of benzene rings is 2. The summed E-state index contributed by atoms with van der Waals surface area (Å²) in [5.41, 5.74) is 15.4. The van der Waals surface area contributed by atoms with Crippen LogP contribution >= 0.6 is 23.2 Å². The van der Waals surface area contributed by atoms with Crippen molar-refractivity contribution in [3.8, 4) is 11.1 Å². The van der Waals surface area contributed by atoms with Crippen LogP contribution in [0.25, 0.3) is 11.1 Å². The monoisotopic (exact) mass is 565 g/mol. The van der Waals surface area contributed by atoms with Crippen LogP contribution in [0.15, 0.2) is 47.4 Å². The van der Waals surface area contributed by atoms with Crippen molar-refractivity contribution in [1.29, 1.82) is 0 Å². The molecular weight excluding hydrogens is 536 g/mol. The highest BCUT2D eigenvalue weighted by molar-refractivity contribution is 7.86. The van der Waals surface area contributed by atoms with Gasteiger partial charge in [-0.2, -0.15) is 13.4 Å². The second kappa shape index (κ2) is 11.9. The first-order valence-electron chi connectivity index (χ1n) is 12.2. The molecule has 4 rings (SSSR count). The molecule has 198 valence electrons. The number of anilines is 2. The Bertz CT molecular complexity index is 1360. The number of rotatable bonds is 9. The van der Waals surface area contributed by atoms with Gasteiger partial charge in [-0.15, -0.1) is 3.89 Å². The Hall–Kier alpha value is -2.46. The number of nitrogens with two attached hydrogens (primary N) is 2. The van der Waals surface area contributed by atoms with Crippen molar-refractivity contribution in [2.75, 3.05) is 24.6 Å². The Morgan fingerprint density at radius 2 is 1.78 bits per heavy atom. The summed E-state index contributed by atoms with van der Waals surface area (Å²) in [4.78, 5) is 10.7. The molecule has 0 spiro atoms. The van der Waals surface area contributed by atoms with Crippen molar-refractivity contribution in [2.24, 2.45) is 5.92 Å². The molecule has 0 saturated carbocycles. The molecule has 0 bridgehead atoms. The number of likely N-dealkylation sites (tertiary alicyclic amines) is 1. The van der Waals surface area contributed by atoms with E-state index in [0.717, 1.165) is 67.7 Å². The number of hydrogen-bond acceptors (Lipinski definition) is 7. The van der Waals surface area contributed by atoms with Gasteiger partial charge < -0.3 is 11.5 Å². The Kier molecular flexibility index (Phi) is 8.90. The van der Waals surface area contributed by atoms with Gasteiger partial charge in [0, 0.05) is 18.7 Å². The second-order valence-electron chi connectivity index (χ2n) is 9.49. The topological polar surface area (TPSA) is 115 Å². The highest BCUT2D eigenvalue weighted by atomic mass is 35.5. The van der Waals surface area contributed by atoms with E-state index < -0.39 is 10.2 Å². The summed E-state index contributed by atoms with van der Waals surface area (Å²) in [5, 5.41) is 0.903. The maximum absolute atomic E-state index is 13.1. The van der Waals surface area contributed by atoms with Crippen LogP contribution in [0.5, 0.6) is 0 Å². The van der Waals surface area contributed by atoms with Gasteiger partial charge in [-0.05, 0) is 80.0 Å². The molecule has 37 heavy (non-hydrogen) atoms. The summed E-state index contributed by atoms with van der Waals surface area (Å²) in [6.07, 6.45) is 6.06. The van der Waals surface area contributed by atoms with Crippen molar-refractivity contribution < 1.29 is 12.3 Å². The van der Waals surface area contributed by atoms with Crippen LogP contribution in [0.2, 0.25) is 10.0 Å². The molecule has 1 aliphatic rings. The van der Waals surface area contributed by atoms with E-state index in [-0.39, 0.29) is 10.8 Å². The summed E-state index contributed by atoms with van der Waals surface area (Å²) in [6.45, 7) is 2.69. The van der Waals surface area contributed by atoms with E-state index in [4.69, 9.17) is 34.7 Å². The van der Waals surface area contributed by atoms with E-state index in [1.54, 1.807) is 24.3 Å². The average Bonchev–Trinajstić information content (AvgIpc) is 2.83. The fourth-order valence-electron chi connectivity index (χ4n) is 4.96. The minimum Gasteiger partial charge on any atom is -0.383 e. The van der Waals surface area contributed by atoms with Crippen LogP contribution in [0, 0.1) is 5.92 Å². The molecule has 1 atom stereocenters. The smallest absolute Gasteiger partial charge is 0.332 e. The predicted molar refractivity (Wildman–Crippen MR) is 147 cm³/mol. The Morgan fingerprint density at radius 1 is 1.03 bits per heavy atom. The van der Waals surface area contributed by atoms with E-state index in [1.165, 1.54) is 18.6 Å². The van der Waals surface area contributed by atoms with Gasteiger partial charge in [-0.3, -0.25) is 4.90 Å². The first-order chi connectivity index (χ1) is 17.6. The number of nitrogens with zero attached hydrogens (tertiary/aromatic N) is 3. The van der Waals surface area contributed by atoms with E-state index in [2.05, 4.69) is 14.9 Å². The van der Waals surface area contributed by atoms with Crippen molar-refractivity contribution in [3.05, 3.63) is 63.8 Å². The molecule has 1 aromatic heterocycles. The quantitative estimate of drug-likeness (QED) is 0.245. The van der Waals surface area contributed by atoms with Gasteiger partial charge in [0.2, 0.25) is 5.95 Å². The third-order valence-electron chi connectivity index (χ3n) is 6.73. The number of hydrogen-bond donors (Lipinski definition) is 2. The minimum absolute atomic E-state index is 0.149. The SMILES string of the molecule is Nc1nc(N)c(-c2ccc(Cl)c(Cl)c2)c(CCCCC2CCCN(Cc3ccc(S(=O)(=O)F)cc3)C2)n1. The normalized spacial score (nSPS) is 16.7. The van der Waals surface area contributed by atoms with Crippen LogP contribution in [0.4, 0.5) is 15.7 Å². The molecule has 1 saturated heterocycles. The second-order valence-corrected chi connectivity index (χ2v) is 11.7. The van der Waals surface area contributed by atoms with Gasteiger partial charge in [-0.25, -0.2) is 4.98 Å². The molecule has 2 aromatic carbocycles. The molecule has 11 heteroatoms. The highest BCUT2D eigenvalue weighted by Crippen LogP contribution is 2.34. The summed E-state index contributed by atoms with van der Waals surface area (Å²) >= 11 is 12.3. The Labute approximate surface area is 227 Å². The minimum atomic E-state index is -4.67. The van der Waals surface area contributed by atoms with E-state index in [1.807, 2.05) is 6.07 Å². The molecular formula is C26H30Cl2FN5O2S. The lowest BCUT2D eigenvalue weighted by molar-refractivity contribution is 0.160. The molecule has 1 fully saturated rings. The number of aryl methyl sites for hydroxylation is 1. The number of aromatic nitrogens is 2. The molecule has 7 nitrogen and oxygen atoms in total. The first-order valence-corrected chi connectivity index (χ1v) is 14.4. The molecule has 2 heterocycles. The van der Waals surface area contributed by atoms with Crippen LogP contribution in [-0.2, 0) is 23.2 Å². The van der Waals surface area contributed by atoms with Crippen molar-refractivity contribution in [2.45, 2.75) is 50.0 Å². The maximum Gasteiger partial charge on any atom is 0.332 e. The van der Waals surface area contributed by atoms with E-state index in [9.17, 15) is 12.3 Å². The zero-order valence-electron chi connectivity index (χ0n) is 20.3. The lowest BCUT2D eigenvalue weighted by Gasteiger charge is -2.33. The van der Waals surface area contributed by atoms with Gasteiger partial charge in [-0.1, -0.05) is 47.8 Å².